The van der Waals surface area contributed by atoms with E-state index in [1.54, 1.807) is 0 Å². The van der Waals surface area contributed by atoms with Crippen molar-refractivity contribution < 1.29 is 4.79 Å². The third-order valence-corrected chi connectivity index (χ3v) is 2.70. The summed E-state index contributed by atoms with van der Waals surface area (Å²) >= 11 is 0. The fraction of sp³-hybridized carbons (Fsp3) is 0.889. The molecule has 0 aromatic heterocycles. The Bertz CT molecular complexity index is 156. The molecule has 0 aromatic carbocycles. The van der Waals surface area contributed by atoms with Crippen LogP contribution in [0.4, 0.5) is 0 Å². The van der Waals surface area contributed by atoms with E-state index in [9.17, 15) is 4.79 Å². The molecule has 2 atom stereocenters. The standard InChI is InChI=1S/C9H17NO/c1-4-10-6-5-7(2)9(11)8(10)3/h7-8H,4-6H2,1-3H3/t7?,8-/m1/s1. The summed E-state index contributed by atoms with van der Waals surface area (Å²) in [5.41, 5.74) is 0. The number of rotatable bonds is 1. The van der Waals surface area contributed by atoms with Gasteiger partial charge in [0, 0.05) is 5.92 Å². The van der Waals surface area contributed by atoms with Crippen LogP contribution in [0, 0.1) is 5.92 Å². The summed E-state index contributed by atoms with van der Waals surface area (Å²) in [5.74, 6) is 0.700. The molecule has 0 N–H and O–H groups in total. The third kappa shape index (κ3) is 1.62. The highest BCUT2D eigenvalue weighted by Gasteiger charge is 2.29. The molecule has 0 saturated carbocycles. The second kappa shape index (κ2) is 3.35. The molecule has 1 saturated heterocycles. The minimum Gasteiger partial charge on any atom is -0.298 e. The van der Waals surface area contributed by atoms with Crippen molar-refractivity contribution >= 4 is 5.78 Å². The van der Waals surface area contributed by atoms with Crippen LogP contribution >= 0.6 is 0 Å². The van der Waals surface area contributed by atoms with E-state index in [4.69, 9.17) is 0 Å². The molecule has 0 bridgehead atoms. The highest BCUT2D eigenvalue weighted by molar-refractivity contribution is 5.86. The topological polar surface area (TPSA) is 20.3 Å². The number of carbonyl (C=O) groups is 1. The number of hydrogen-bond acceptors (Lipinski definition) is 2. The Labute approximate surface area is 68.6 Å². The van der Waals surface area contributed by atoms with Crippen LogP contribution in [0.5, 0.6) is 0 Å². The van der Waals surface area contributed by atoms with Crippen molar-refractivity contribution in [2.24, 2.45) is 5.92 Å². The third-order valence-electron chi connectivity index (χ3n) is 2.70. The van der Waals surface area contributed by atoms with Gasteiger partial charge < -0.3 is 0 Å². The van der Waals surface area contributed by atoms with Crippen molar-refractivity contribution in [3.63, 3.8) is 0 Å². The molecule has 0 aliphatic carbocycles. The summed E-state index contributed by atoms with van der Waals surface area (Å²) in [4.78, 5) is 13.7. The monoisotopic (exact) mass is 155 g/mol. The van der Waals surface area contributed by atoms with Gasteiger partial charge in [0.2, 0.25) is 0 Å². The Kier molecular flexibility index (Phi) is 2.66. The Hall–Kier alpha value is -0.370. The minimum atomic E-state index is 0.156. The van der Waals surface area contributed by atoms with E-state index < -0.39 is 0 Å². The summed E-state index contributed by atoms with van der Waals surface area (Å²) in [6.07, 6.45) is 1.04. The maximum atomic E-state index is 11.5. The fourth-order valence-electron chi connectivity index (χ4n) is 1.72. The van der Waals surface area contributed by atoms with Crippen LogP contribution in [0.1, 0.15) is 27.2 Å². The van der Waals surface area contributed by atoms with Gasteiger partial charge in [0.1, 0.15) is 0 Å². The number of likely N-dealkylation sites (N-methyl/N-ethyl adjacent to an activating group) is 1. The average Bonchev–Trinajstić information content (AvgIpc) is 2.01. The Balaban J connectivity index is 2.59. The predicted octanol–water partition coefficient (Wildman–Crippen LogP) is 1.31. The zero-order chi connectivity index (χ0) is 8.43. The molecular weight excluding hydrogens is 138 g/mol. The SMILES string of the molecule is CCN1CCC(C)C(=O)[C@H]1C. The van der Waals surface area contributed by atoms with E-state index in [0.29, 0.717) is 5.78 Å². The number of ketones is 1. The number of nitrogens with zero attached hydrogens (tertiary/aromatic N) is 1. The first-order chi connectivity index (χ1) is 5.16. The first kappa shape index (κ1) is 8.72. The first-order valence-corrected chi connectivity index (χ1v) is 4.44. The van der Waals surface area contributed by atoms with Crippen LogP contribution < -0.4 is 0 Å². The van der Waals surface area contributed by atoms with E-state index >= 15 is 0 Å². The highest BCUT2D eigenvalue weighted by Crippen LogP contribution is 2.17. The molecule has 1 rings (SSSR count). The smallest absolute Gasteiger partial charge is 0.152 e. The second-order valence-corrected chi connectivity index (χ2v) is 3.40. The molecule has 1 unspecified atom stereocenters. The van der Waals surface area contributed by atoms with Gasteiger partial charge in [0.25, 0.3) is 0 Å². The van der Waals surface area contributed by atoms with Crippen molar-refractivity contribution in [3.8, 4) is 0 Å². The lowest BCUT2D eigenvalue weighted by molar-refractivity contribution is -0.130. The molecule has 0 aromatic rings. The lowest BCUT2D eigenvalue weighted by atomic mass is 9.92. The molecule has 1 aliphatic heterocycles. The molecule has 1 heterocycles. The fourth-order valence-corrected chi connectivity index (χ4v) is 1.72. The van der Waals surface area contributed by atoms with Gasteiger partial charge in [0.05, 0.1) is 6.04 Å². The van der Waals surface area contributed by atoms with Gasteiger partial charge in [-0.2, -0.15) is 0 Å². The van der Waals surface area contributed by atoms with Crippen molar-refractivity contribution in [3.05, 3.63) is 0 Å². The van der Waals surface area contributed by atoms with Crippen molar-refractivity contribution in [2.75, 3.05) is 13.1 Å². The molecule has 1 aliphatic rings. The molecule has 11 heavy (non-hydrogen) atoms. The van der Waals surface area contributed by atoms with Gasteiger partial charge in [-0.05, 0) is 26.4 Å². The van der Waals surface area contributed by atoms with Crippen LogP contribution in [0.3, 0.4) is 0 Å². The summed E-state index contributed by atoms with van der Waals surface area (Å²) in [7, 11) is 0. The molecule has 0 spiro atoms. The number of Topliss-reactive ketones (excluding diaryl/α,β-unsaturated/α-hetero) is 1. The van der Waals surface area contributed by atoms with Gasteiger partial charge in [-0.3, -0.25) is 9.69 Å². The Morgan fingerprint density at radius 1 is 1.55 bits per heavy atom. The zero-order valence-corrected chi connectivity index (χ0v) is 7.63. The number of carbonyl (C=O) groups excluding carboxylic acids is 1. The molecule has 2 nitrogen and oxygen atoms in total. The van der Waals surface area contributed by atoms with Crippen LogP contribution in [0.25, 0.3) is 0 Å². The molecule has 2 heteroatoms. The van der Waals surface area contributed by atoms with Crippen LogP contribution in [0.15, 0.2) is 0 Å². The van der Waals surface area contributed by atoms with Crippen LogP contribution in [-0.2, 0) is 4.79 Å². The molecule has 0 amide bonds. The molecule has 64 valence electrons. The number of piperidine rings is 1. The minimum absolute atomic E-state index is 0.156. The van der Waals surface area contributed by atoms with Gasteiger partial charge in [-0.25, -0.2) is 0 Å². The van der Waals surface area contributed by atoms with Crippen molar-refractivity contribution in [1.29, 1.82) is 0 Å². The van der Waals surface area contributed by atoms with E-state index in [2.05, 4.69) is 11.8 Å². The zero-order valence-electron chi connectivity index (χ0n) is 7.63. The van der Waals surface area contributed by atoms with E-state index in [1.165, 1.54) is 0 Å². The van der Waals surface area contributed by atoms with Crippen LogP contribution in [0.2, 0.25) is 0 Å². The normalized spacial score (nSPS) is 34.3. The summed E-state index contributed by atoms with van der Waals surface area (Å²) in [6, 6.07) is 0.156. The quantitative estimate of drug-likeness (QED) is 0.569. The highest BCUT2D eigenvalue weighted by atomic mass is 16.1. The van der Waals surface area contributed by atoms with E-state index in [1.807, 2.05) is 13.8 Å². The Morgan fingerprint density at radius 2 is 2.18 bits per heavy atom. The van der Waals surface area contributed by atoms with Crippen LogP contribution in [-0.4, -0.2) is 29.8 Å². The lowest BCUT2D eigenvalue weighted by Crippen LogP contribution is -2.47. The summed E-state index contributed by atoms with van der Waals surface area (Å²) in [6.45, 7) is 8.25. The first-order valence-electron chi connectivity index (χ1n) is 4.44. The van der Waals surface area contributed by atoms with Gasteiger partial charge in [-0.1, -0.05) is 13.8 Å². The maximum absolute atomic E-state index is 11.5. The van der Waals surface area contributed by atoms with Gasteiger partial charge in [-0.15, -0.1) is 0 Å². The van der Waals surface area contributed by atoms with Crippen molar-refractivity contribution in [2.45, 2.75) is 33.2 Å². The maximum Gasteiger partial charge on any atom is 0.152 e. The Morgan fingerprint density at radius 3 is 2.73 bits per heavy atom. The van der Waals surface area contributed by atoms with E-state index in [-0.39, 0.29) is 12.0 Å². The molecule has 1 fully saturated rings. The average molecular weight is 155 g/mol. The number of hydrogen-bond donors (Lipinski definition) is 0. The largest absolute Gasteiger partial charge is 0.298 e. The lowest BCUT2D eigenvalue weighted by Gasteiger charge is -2.34. The number of likely N-dealkylation sites (tertiary alicyclic amines) is 1. The van der Waals surface area contributed by atoms with Gasteiger partial charge >= 0.3 is 0 Å². The van der Waals surface area contributed by atoms with E-state index in [0.717, 1.165) is 19.5 Å². The summed E-state index contributed by atoms with van der Waals surface area (Å²) < 4.78 is 0. The predicted molar refractivity (Wildman–Crippen MR) is 45.5 cm³/mol. The summed E-state index contributed by atoms with van der Waals surface area (Å²) in [5, 5.41) is 0. The van der Waals surface area contributed by atoms with Gasteiger partial charge in [0.15, 0.2) is 5.78 Å². The molecular formula is C9H17NO. The molecule has 0 radical (unpaired) electrons. The second-order valence-electron chi connectivity index (χ2n) is 3.40. The van der Waals surface area contributed by atoms with Crippen molar-refractivity contribution in [1.82, 2.24) is 4.90 Å².